The van der Waals surface area contributed by atoms with E-state index in [-0.39, 0.29) is 0 Å². The Labute approximate surface area is 108 Å². The van der Waals surface area contributed by atoms with Crippen molar-refractivity contribution in [1.29, 1.82) is 0 Å². The van der Waals surface area contributed by atoms with Gasteiger partial charge in [0.15, 0.2) is 0 Å². The number of nitrogens with zero attached hydrogens (tertiary/aromatic N) is 1. The summed E-state index contributed by atoms with van der Waals surface area (Å²) in [7, 11) is 0. The van der Waals surface area contributed by atoms with Crippen molar-refractivity contribution in [3.63, 3.8) is 0 Å². The number of aromatic nitrogens is 1. The van der Waals surface area contributed by atoms with Crippen LogP contribution < -0.4 is 5.32 Å². The smallest absolute Gasteiger partial charge is 0.126 e. The van der Waals surface area contributed by atoms with Gasteiger partial charge in [0, 0.05) is 15.3 Å². The highest BCUT2D eigenvalue weighted by atomic mass is 79.9. The van der Waals surface area contributed by atoms with Gasteiger partial charge in [-0.2, -0.15) is 0 Å². The van der Waals surface area contributed by atoms with Gasteiger partial charge in [-0.3, -0.25) is 0 Å². The van der Waals surface area contributed by atoms with Crippen molar-refractivity contribution < 1.29 is 0 Å². The van der Waals surface area contributed by atoms with E-state index in [0.717, 1.165) is 22.4 Å². The highest BCUT2D eigenvalue weighted by Crippen LogP contribution is 2.17. The highest BCUT2D eigenvalue weighted by Gasteiger charge is 2.07. The Morgan fingerprint density at radius 2 is 2.07 bits per heavy atom. The van der Waals surface area contributed by atoms with Crippen molar-refractivity contribution in [3.05, 3.63) is 22.3 Å². The summed E-state index contributed by atoms with van der Waals surface area (Å²) in [5.74, 6) is 0.941. The van der Waals surface area contributed by atoms with Gasteiger partial charge in [0.1, 0.15) is 5.82 Å². The van der Waals surface area contributed by atoms with Gasteiger partial charge in [-0.15, -0.1) is 0 Å². The average Bonchev–Trinajstić information content (AvgIpc) is 2.10. The summed E-state index contributed by atoms with van der Waals surface area (Å²) in [6, 6.07) is 4.44. The maximum atomic E-state index is 4.45. The molecule has 1 N–H and O–H groups in total. The highest BCUT2D eigenvalue weighted by molar-refractivity contribution is 9.10. The zero-order valence-electron chi connectivity index (χ0n) is 9.22. The summed E-state index contributed by atoms with van der Waals surface area (Å²) in [5.41, 5.74) is 1.01. The zero-order chi connectivity index (χ0) is 11.4. The molecule has 0 saturated carbocycles. The first kappa shape index (κ1) is 13.0. The summed E-state index contributed by atoms with van der Waals surface area (Å²) >= 11 is 6.98. The Hall–Kier alpha value is -0.0900. The van der Waals surface area contributed by atoms with Crippen molar-refractivity contribution in [2.45, 2.75) is 38.1 Å². The van der Waals surface area contributed by atoms with Gasteiger partial charge in [0.2, 0.25) is 0 Å². The number of aryl methyl sites for hydroxylation is 1. The van der Waals surface area contributed by atoms with Crippen LogP contribution in [0.5, 0.6) is 0 Å². The molecule has 4 heteroatoms. The van der Waals surface area contributed by atoms with E-state index in [4.69, 9.17) is 0 Å². The normalized spacial score (nSPS) is 14.7. The van der Waals surface area contributed by atoms with Gasteiger partial charge in [-0.05, 0) is 48.3 Å². The predicted octanol–water partition coefficient (Wildman–Crippen LogP) is 4.13. The number of halogens is 2. The van der Waals surface area contributed by atoms with E-state index >= 15 is 0 Å². The molecule has 1 aromatic rings. The zero-order valence-corrected chi connectivity index (χ0v) is 12.4. The number of anilines is 1. The molecule has 0 aromatic carbocycles. The summed E-state index contributed by atoms with van der Waals surface area (Å²) in [4.78, 5) is 4.97. The lowest BCUT2D eigenvalue weighted by Crippen LogP contribution is -2.19. The number of hydrogen-bond acceptors (Lipinski definition) is 2. The molecule has 0 amide bonds. The van der Waals surface area contributed by atoms with Crippen molar-refractivity contribution >= 4 is 37.7 Å². The molecule has 0 aliphatic rings. The van der Waals surface area contributed by atoms with E-state index in [1.807, 2.05) is 19.1 Å². The van der Waals surface area contributed by atoms with Crippen LogP contribution in [0, 0.1) is 6.92 Å². The van der Waals surface area contributed by atoms with Gasteiger partial charge in [0.05, 0.1) is 5.69 Å². The lowest BCUT2D eigenvalue weighted by molar-refractivity contribution is 0.704. The minimum Gasteiger partial charge on any atom is -0.368 e. The molecular formula is C11H16Br2N2. The monoisotopic (exact) mass is 334 g/mol. The van der Waals surface area contributed by atoms with Gasteiger partial charge in [0.25, 0.3) is 0 Å². The molecule has 84 valence electrons. The van der Waals surface area contributed by atoms with Crippen molar-refractivity contribution in [2.75, 3.05) is 5.32 Å². The molecule has 0 aliphatic heterocycles. The van der Waals surface area contributed by atoms with Crippen molar-refractivity contribution in [1.82, 2.24) is 4.98 Å². The predicted molar refractivity (Wildman–Crippen MR) is 72.8 cm³/mol. The lowest BCUT2D eigenvalue weighted by Gasteiger charge is -2.16. The second kappa shape index (κ2) is 5.85. The quantitative estimate of drug-likeness (QED) is 0.837. The number of hydrogen-bond donors (Lipinski definition) is 1. The third kappa shape index (κ3) is 4.51. The largest absolute Gasteiger partial charge is 0.368 e. The maximum absolute atomic E-state index is 4.45. The molecule has 15 heavy (non-hydrogen) atoms. The van der Waals surface area contributed by atoms with Crippen LogP contribution in [0.3, 0.4) is 0 Å². The fraction of sp³-hybridized carbons (Fsp3) is 0.545. The molecule has 1 rings (SSSR count). The standard InChI is InChI=1S/C11H16Br2N2/c1-7(12)6-8(2)14-11-5-4-10(13)9(3)15-11/h4-5,7-8H,6H2,1-3H3,(H,14,15). The molecule has 1 heterocycles. The summed E-state index contributed by atoms with van der Waals surface area (Å²) < 4.78 is 1.05. The first-order valence-corrected chi connectivity index (χ1v) is 6.73. The SMILES string of the molecule is Cc1nc(NC(C)CC(C)Br)ccc1Br. The first-order chi connectivity index (χ1) is 6.99. The maximum Gasteiger partial charge on any atom is 0.126 e. The minimum atomic E-state index is 0.424. The molecule has 1 aromatic heterocycles. The van der Waals surface area contributed by atoms with Crippen LogP contribution in [-0.2, 0) is 0 Å². The van der Waals surface area contributed by atoms with E-state index in [2.05, 4.69) is 56.0 Å². The van der Waals surface area contributed by atoms with E-state index in [1.165, 1.54) is 0 Å². The summed E-state index contributed by atoms with van der Waals surface area (Å²) in [6.07, 6.45) is 1.08. The molecular weight excluding hydrogens is 320 g/mol. The third-order valence-electron chi connectivity index (χ3n) is 2.09. The molecule has 0 spiro atoms. The average molecular weight is 336 g/mol. The molecule has 0 saturated heterocycles. The van der Waals surface area contributed by atoms with Crippen LogP contribution in [0.2, 0.25) is 0 Å². The Kier molecular flexibility index (Phi) is 5.06. The Morgan fingerprint density at radius 1 is 1.40 bits per heavy atom. The van der Waals surface area contributed by atoms with E-state index < -0.39 is 0 Å². The number of nitrogens with one attached hydrogen (secondary N) is 1. The molecule has 2 unspecified atom stereocenters. The van der Waals surface area contributed by atoms with E-state index in [1.54, 1.807) is 0 Å². The topological polar surface area (TPSA) is 24.9 Å². The van der Waals surface area contributed by atoms with Gasteiger partial charge in [-0.1, -0.05) is 22.9 Å². The van der Waals surface area contributed by atoms with Crippen LogP contribution >= 0.6 is 31.9 Å². The van der Waals surface area contributed by atoms with Crippen LogP contribution in [0.25, 0.3) is 0 Å². The molecule has 2 nitrogen and oxygen atoms in total. The second-order valence-corrected chi connectivity index (χ2v) is 6.24. The fourth-order valence-corrected chi connectivity index (χ4v) is 2.20. The van der Waals surface area contributed by atoms with Crippen LogP contribution in [0.4, 0.5) is 5.82 Å². The molecule has 0 aliphatic carbocycles. The van der Waals surface area contributed by atoms with E-state index in [9.17, 15) is 0 Å². The number of rotatable bonds is 4. The molecule has 0 radical (unpaired) electrons. The lowest BCUT2D eigenvalue weighted by atomic mass is 10.2. The third-order valence-corrected chi connectivity index (χ3v) is 3.31. The number of pyridine rings is 1. The van der Waals surface area contributed by atoms with Crippen LogP contribution in [-0.4, -0.2) is 15.9 Å². The van der Waals surface area contributed by atoms with E-state index in [0.29, 0.717) is 10.9 Å². The number of alkyl halides is 1. The van der Waals surface area contributed by atoms with Crippen molar-refractivity contribution in [2.24, 2.45) is 0 Å². The van der Waals surface area contributed by atoms with Gasteiger partial charge < -0.3 is 5.32 Å². The molecule has 0 bridgehead atoms. The Bertz CT molecular complexity index is 326. The minimum absolute atomic E-state index is 0.424. The Balaban J connectivity index is 2.60. The van der Waals surface area contributed by atoms with Crippen LogP contribution in [0.1, 0.15) is 26.0 Å². The van der Waals surface area contributed by atoms with Crippen LogP contribution in [0.15, 0.2) is 16.6 Å². The second-order valence-electron chi connectivity index (χ2n) is 3.83. The van der Waals surface area contributed by atoms with Gasteiger partial charge >= 0.3 is 0 Å². The van der Waals surface area contributed by atoms with Gasteiger partial charge in [-0.25, -0.2) is 4.98 Å². The first-order valence-electron chi connectivity index (χ1n) is 5.02. The van der Waals surface area contributed by atoms with Crippen molar-refractivity contribution in [3.8, 4) is 0 Å². The summed E-state index contributed by atoms with van der Waals surface area (Å²) in [6.45, 7) is 6.31. The summed E-state index contributed by atoms with van der Waals surface area (Å²) in [5, 5.41) is 3.38. The molecule has 0 fully saturated rings. The molecule has 2 atom stereocenters. The Morgan fingerprint density at radius 3 is 2.60 bits per heavy atom. The fourth-order valence-electron chi connectivity index (χ4n) is 1.42.